The molecule has 15 nitrogen and oxygen atoms in total. The van der Waals surface area contributed by atoms with Gasteiger partial charge in [-0.1, -0.05) is 25.5 Å². The molecule has 5 fully saturated rings. The van der Waals surface area contributed by atoms with Gasteiger partial charge in [-0.05, 0) is 56.6 Å². The van der Waals surface area contributed by atoms with E-state index in [9.17, 15) is 55.5 Å². The van der Waals surface area contributed by atoms with Crippen LogP contribution in [0.1, 0.15) is 46.5 Å². The number of ether oxygens (including phenoxy) is 4. The predicted molar refractivity (Wildman–Crippen MR) is 165 cm³/mol. The Morgan fingerprint density at radius 3 is 2.06 bits per heavy atom. The summed E-state index contributed by atoms with van der Waals surface area (Å²) in [4.78, 5) is 26.6. The number of rotatable bonds is 8. The smallest absolute Gasteiger partial charge is 0.190 e. The lowest BCUT2D eigenvalue weighted by Crippen LogP contribution is -2.72. The van der Waals surface area contributed by atoms with E-state index in [0.717, 1.165) is 0 Å². The van der Waals surface area contributed by atoms with Crippen molar-refractivity contribution in [1.29, 1.82) is 0 Å². The molecule has 4 aliphatic carbocycles. The number of carbonyl (C=O) groups is 2. The monoisotopic (exact) mass is 716 g/mol. The molecule has 0 unspecified atom stereocenters. The van der Waals surface area contributed by atoms with Gasteiger partial charge in [-0.25, -0.2) is 4.39 Å². The lowest BCUT2D eigenvalue weighted by molar-refractivity contribution is -0.355. The molecule has 2 saturated heterocycles. The maximum Gasteiger partial charge on any atom is 0.190 e. The van der Waals surface area contributed by atoms with E-state index in [1.807, 2.05) is 0 Å². The predicted octanol–water partition coefficient (Wildman–Crippen LogP) is -2.46. The van der Waals surface area contributed by atoms with Crippen molar-refractivity contribution in [2.24, 2.45) is 28.6 Å². The molecule has 18 atom stereocenters. The highest BCUT2D eigenvalue weighted by Gasteiger charge is 2.77. The van der Waals surface area contributed by atoms with E-state index in [0.29, 0.717) is 12.0 Å². The highest BCUT2D eigenvalue weighted by Crippen LogP contribution is 2.72. The van der Waals surface area contributed by atoms with E-state index in [1.54, 1.807) is 20.8 Å². The Hall–Kier alpha value is -1.77. The molecule has 6 rings (SSSR count). The summed E-state index contributed by atoms with van der Waals surface area (Å²) in [7, 11) is 0. The van der Waals surface area contributed by atoms with E-state index in [4.69, 9.17) is 18.9 Å². The Bertz CT molecular complexity index is 1390. The van der Waals surface area contributed by atoms with Gasteiger partial charge in [0.1, 0.15) is 61.0 Å². The van der Waals surface area contributed by atoms with Crippen LogP contribution in [0.5, 0.6) is 0 Å². The van der Waals surface area contributed by atoms with Crippen molar-refractivity contribution in [2.75, 3.05) is 19.8 Å². The fourth-order valence-electron chi connectivity index (χ4n) is 10.4. The Morgan fingerprint density at radius 2 is 1.48 bits per heavy atom. The fraction of sp³-hybridized carbons (Fsp3) is 0.824. The van der Waals surface area contributed by atoms with Gasteiger partial charge < -0.3 is 64.9 Å². The first-order valence-electron chi connectivity index (χ1n) is 17.2. The maximum atomic E-state index is 18.8. The second-order valence-corrected chi connectivity index (χ2v) is 15.3. The summed E-state index contributed by atoms with van der Waals surface area (Å²) < 4.78 is 42.9. The van der Waals surface area contributed by atoms with Crippen molar-refractivity contribution in [3.05, 3.63) is 23.8 Å². The fourth-order valence-corrected chi connectivity index (χ4v) is 10.4. The number of alkyl halides is 1. The van der Waals surface area contributed by atoms with Crippen LogP contribution in [0.3, 0.4) is 0 Å². The molecule has 0 radical (unpaired) electrons. The molecular formula is C34H49FO15. The minimum absolute atomic E-state index is 0.181. The van der Waals surface area contributed by atoms with Crippen LogP contribution < -0.4 is 0 Å². The summed E-state index contributed by atoms with van der Waals surface area (Å²) in [5, 5.41) is 93.9. The molecule has 0 aromatic heterocycles. The Balaban J connectivity index is 1.48. The minimum Gasteiger partial charge on any atom is -0.394 e. The molecule has 0 spiro atoms. The highest BCUT2D eigenvalue weighted by molar-refractivity contribution is 6.01. The molecular weight excluding hydrogens is 667 g/mol. The number of carbonyl (C=O) groups excluding carboxylic acids is 2. The summed E-state index contributed by atoms with van der Waals surface area (Å²) in [5.41, 5.74) is -6.74. The number of hydrogen-bond acceptors (Lipinski definition) is 15. The maximum absolute atomic E-state index is 18.8. The van der Waals surface area contributed by atoms with Crippen LogP contribution in [0.25, 0.3) is 0 Å². The van der Waals surface area contributed by atoms with Crippen molar-refractivity contribution in [1.82, 2.24) is 0 Å². The lowest BCUT2D eigenvalue weighted by Gasteiger charge is -2.64. The number of fused-ring (bicyclic) bond motifs is 5. The normalized spacial score (nSPS) is 53.3. The van der Waals surface area contributed by atoms with Gasteiger partial charge in [0.25, 0.3) is 0 Å². The van der Waals surface area contributed by atoms with Crippen LogP contribution in [0.4, 0.5) is 4.39 Å². The topological polar surface area (TPSA) is 253 Å². The molecule has 6 aliphatic rings. The second kappa shape index (κ2) is 13.3. The van der Waals surface area contributed by atoms with Crippen molar-refractivity contribution in [3.8, 4) is 0 Å². The first-order chi connectivity index (χ1) is 23.5. The zero-order valence-corrected chi connectivity index (χ0v) is 28.1. The van der Waals surface area contributed by atoms with Gasteiger partial charge in [-0.2, -0.15) is 0 Å². The van der Waals surface area contributed by atoms with Gasteiger partial charge in [0, 0.05) is 16.7 Å². The van der Waals surface area contributed by atoms with E-state index >= 15 is 4.39 Å². The molecule has 0 bridgehead atoms. The summed E-state index contributed by atoms with van der Waals surface area (Å²) >= 11 is 0. The molecule has 2 aliphatic heterocycles. The molecule has 50 heavy (non-hydrogen) atoms. The van der Waals surface area contributed by atoms with Crippen molar-refractivity contribution in [3.63, 3.8) is 0 Å². The van der Waals surface area contributed by atoms with Crippen LogP contribution in [0.15, 0.2) is 23.8 Å². The first-order valence-corrected chi connectivity index (χ1v) is 17.2. The number of Topliss-reactive ketones (excluding diaryl/α,β-unsaturated/α-hetero) is 1. The van der Waals surface area contributed by atoms with Gasteiger partial charge >= 0.3 is 0 Å². The Kier molecular flexibility index (Phi) is 10.1. The molecule has 0 aromatic carbocycles. The Morgan fingerprint density at radius 1 is 0.900 bits per heavy atom. The lowest BCUT2D eigenvalue weighted by atomic mass is 9.44. The SMILES string of the molecule is C[C@@H]1C[C@H]2[C@@H]3CCC4=CC(=O)C=C[C@]4(C)[C@@]3(F)[C@@H](O[C@@H]3O[C@H](CO)[C@H](O)[C@H](O)[C@H]3O)C[C@]2(C)[C@@]1(O[C@@H]1O[C@H](CO)[C@H](O)[C@H](O)[C@H]1O)C(=O)CO. The highest BCUT2D eigenvalue weighted by atomic mass is 19.1. The molecule has 0 aromatic rings. The summed E-state index contributed by atoms with van der Waals surface area (Å²) in [5.74, 6) is -3.50. The number of aliphatic hydroxyl groups is 9. The second-order valence-electron chi connectivity index (χ2n) is 15.3. The molecule has 3 saturated carbocycles. The van der Waals surface area contributed by atoms with Crippen molar-refractivity contribution in [2.45, 2.75) is 125 Å². The standard InChI is InChI=1S/C34H49FO15/c1-14-8-18-17-5-4-15-9-16(39)6-7-31(15,2)33(17,35)22(49-29-27(45)25(43)23(41)19(11-36)47-29)10-32(18,3)34(14,21(40)13-38)50-30-28(46)26(44)24(42)20(12-37)48-30/h6-7,9,14,17-20,22-30,36-38,41-46H,4-5,8,10-13H2,1-3H3/t14-,17+,18+,19-,20-,22+,23+,24+,25+,26+,27-,28-,29+,30+,31+,32+,33+,34+/m1/s1. The average Bonchev–Trinajstić information content (AvgIpc) is 3.31. The largest absolute Gasteiger partial charge is 0.394 e. The van der Waals surface area contributed by atoms with Crippen LogP contribution in [-0.4, -0.2) is 156 Å². The van der Waals surface area contributed by atoms with Crippen molar-refractivity contribution >= 4 is 11.6 Å². The van der Waals surface area contributed by atoms with E-state index < -0.39 is 133 Å². The minimum atomic E-state index is -2.35. The van der Waals surface area contributed by atoms with Crippen LogP contribution >= 0.6 is 0 Å². The van der Waals surface area contributed by atoms with Gasteiger partial charge in [0.2, 0.25) is 0 Å². The summed E-state index contributed by atoms with van der Waals surface area (Å²) in [6.07, 6.45) is -14.4. The Labute approximate surface area is 287 Å². The van der Waals surface area contributed by atoms with Gasteiger partial charge in [-0.15, -0.1) is 0 Å². The average molecular weight is 717 g/mol. The number of hydrogen-bond donors (Lipinski definition) is 9. The first kappa shape index (κ1) is 38.0. The quantitative estimate of drug-likeness (QED) is 0.126. The third kappa shape index (κ3) is 5.17. The van der Waals surface area contributed by atoms with E-state index in [1.165, 1.54) is 18.2 Å². The summed E-state index contributed by atoms with van der Waals surface area (Å²) in [6, 6.07) is 0. The van der Waals surface area contributed by atoms with Crippen molar-refractivity contribution < 1.29 is 78.9 Å². The van der Waals surface area contributed by atoms with Crippen LogP contribution in [0, 0.1) is 28.6 Å². The summed E-state index contributed by atoms with van der Waals surface area (Å²) in [6.45, 7) is 2.39. The number of aliphatic hydroxyl groups excluding tert-OH is 9. The van der Waals surface area contributed by atoms with Gasteiger partial charge in [-0.3, -0.25) is 9.59 Å². The third-order valence-electron chi connectivity index (χ3n) is 13.0. The van der Waals surface area contributed by atoms with Crippen LogP contribution in [0.2, 0.25) is 0 Å². The molecule has 16 heteroatoms. The molecule has 282 valence electrons. The number of ketones is 2. The van der Waals surface area contributed by atoms with Gasteiger partial charge in [0.15, 0.2) is 29.8 Å². The molecule has 9 N–H and O–H groups in total. The molecule has 0 amide bonds. The third-order valence-corrected chi connectivity index (χ3v) is 13.0. The van der Waals surface area contributed by atoms with E-state index in [-0.39, 0.29) is 25.0 Å². The van der Waals surface area contributed by atoms with E-state index in [2.05, 4.69) is 0 Å². The van der Waals surface area contributed by atoms with Gasteiger partial charge in [0.05, 0.1) is 19.3 Å². The molecule has 2 heterocycles. The zero-order chi connectivity index (χ0) is 36.7. The van der Waals surface area contributed by atoms with Crippen LogP contribution in [-0.2, 0) is 28.5 Å². The zero-order valence-electron chi connectivity index (χ0n) is 28.1. The number of allylic oxidation sites excluding steroid dienone is 4. The number of halogens is 1.